The summed E-state index contributed by atoms with van der Waals surface area (Å²) in [5.41, 5.74) is 3.03. The van der Waals surface area contributed by atoms with Crippen LogP contribution in [0.5, 0.6) is 5.75 Å². The molecule has 2 fully saturated rings. The molecule has 0 spiro atoms. The van der Waals surface area contributed by atoms with Gasteiger partial charge in [0.2, 0.25) is 11.8 Å². The first-order valence-electron chi connectivity index (χ1n) is 10.1. The fourth-order valence-electron chi connectivity index (χ4n) is 4.29. The molecule has 2 amide bonds. The van der Waals surface area contributed by atoms with Crippen molar-refractivity contribution >= 4 is 23.2 Å². The van der Waals surface area contributed by atoms with Crippen LogP contribution < -0.4 is 14.5 Å². The molecule has 6 nitrogen and oxygen atoms in total. The van der Waals surface area contributed by atoms with Crippen molar-refractivity contribution in [3.63, 3.8) is 0 Å². The van der Waals surface area contributed by atoms with Gasteiger partial charge in [0.05, 0.1) is 18.7 Å². The van der Waals surface area contributed by atoms with Crippen LogP contribution in [0.2, 0.25) is 0 Å². The molecule has 0 radical (unpaired) electrons. The first-order valence-corrected chi connectivity index (χ1v) is 10.1. The van der Waals surface area contributed by atoms with E-state index in [0.717, 1.165) is 35.8 Å². The molecule has 29 heavy (non-hydrogen) atoms. The van der Waals surface area contributed by atoms with Gasteiger partial charge in [-0.1, -0.05) is 30.3 Å². The normalized spacial score (nSPS) is 19.6. The number of carbonyl (C=O) groups excluding carboxylic acids is 2. The van der Waals surface area contributed by atoms with Gasteiger partial charge in [0.15, 0.2) is 0 Å². The van der Waals surface area contributed by atoms with E-state index in [-0.39, 0.29) is 17.7 Å². The first kappa shape index (κ1) is 19.3. The number of para-hydroxylation sites is 3. The lowest BCUT2D eigenvalue weighted by Gasteiger charge is -2.37. The number of piperazine rings is 1. The highest BCUT2D eigenvalue weighted by atomic mass is 16.5. The van der Waals surface area contributed by atoms with Crippen molar-refractivity contribution in [2.75, 3.05) is 49.6 Å². The number of anilines is 2. The van der Waals surface area contributed by atoms with Crippen molar-refractivity contribution in [3.8, 4) is 5.75 Å². The van der Waals surface area contributed by atoms with Crippen molar-refractivity contribution in [1.29, 1.82) is 0 Å². The molecule has 4 rings (SSSR count). The quantitative estimate of drug-likeness (QED) is 0.802. The molecular weight excluding hydrogens is 366 g/mol. The third-order valence-corrected chi connectivity index (χ3v) is 5.90. The second-order valence-electron chi connectivity index (χ2n) is 7.68. The number of nitrogens with zero attached hydrogens (tertiary/aromatic N) is 3. The highest BCUT2D eigenvalue weighted by Crippen LogP contribution is 2.31. The summed E-state index contributed by atoms with van der Waals surface area (Å²) in [5.74, 6) is 0.710. The van der Waals surface area contributed by atoms with Gasteiger partial charge in [0.1, 0.15) is 5.75 Å². The van der Waals surface area contributed by atoms with E-state index in [0.29, 0.717) is 26.1 Å². The van der Waals surface area contributed by atoms with Gasteiger partial charge in [0.25, 0.3) is 0 Å². The van der Waals surface area contributed by atoms with E-state index in [1.54, 1.807) is 12.0 Å². The van der Waals surface area contributed by atoms with Crippen LogP contribution in [0.15, 0.2) is 48.5 Å². The minimum absolute atomic E-state index is 0.0327. The minimum Gasteiger partial charge on any atom is -0.495 e. The van der Waals surface area contributed by atoms with Crippen molar-refractivity contribution < 1.29 is 14.3 Å². The van der Waals surface area contributed by atoms with Gasteiger partial charge in [-0.15, -0.1) is 0 Å². The van der Waals surface area contributed by atoms with Crippen LogP contribution >= 0.6 is 0 Å². The molecule has 2 aromatic carbocycles. The molecular formula is C23H27N3O3. The summed E-state index contributed by atoms with van der Waals surface area (Å²) in [5, 5.41) is 0. The van der Waals surface area contributed by atoms with Gasteiger partial charge in [-0.2, -0.15) is 0 Å². The largest absolute Gasteiger partial charge is 0.495 e. The summed E-state index contributed by atoms with van der Waals surface area (Å²) in [6, 6.07) is 15.8. The molecule has 0 aromatic heterocycles. The van der Waals surface area contributed by atoms with E-state index in [4.69, 9.17) is 4.74 Å². The predicted octanol–water partition coefficient (Wildman–Crippen LogP) is 2.71. The molecule has 2 aromatic rings. The summed E-state index contributed by atoms with van der Waals surface area (Å²) in [6.45, 7) is 5.30. The van der Waals surface area contributed by atoms with Crippen LogP contribution in [0.4, 0.5) is 11.4 Å². The Morgan fingerprint density at radius 3 is 2.31 bits per heavy atom. The molecule has 2 aliphatic heterocycles. The zero-order valence-corrected chi connectivity index (χ0v) is 17.0. The first-order chi connectivity index (χ1) is 14.1. The van der Waals surface area contributed by atoms with E-state index in [2.05, 4.69) is 4.90 Å². The number of amides is 2. The maximum absolute atomic E-state index is 13.1. The average molecular weight is 393 g/mol. The fraction of sp³-hybridized carbons (Fsp3) is 0.391. The number of ether oxygens (including phenoxy) is 1. The van der Waals surface area contributed by atoms with E-state index >= 15 is 0 Å². The topological polar surface area (TPSA) is 53.1 Å². The monoisotopic (exact) mass is 393 g/mol. The molecule has 0 saturated carbocycles. The van der Waals surface area contributed by atoms with Crippen molar-refractivity contribution in [3.05, 3.63) is 54.1 Å². The Bertz CT molecular complexity index is 906. The molecule has 0 bridgehead atoms. The Morgan fingerprint density at radius 1 is 0.966 bits per heavy atom. The molecule has 2 heterocycles. The van der Waals surface area contributed by atoms with Crippen molar-refractivity contribution in [1.82, 2.24) is 4.90 Å². The summed E-state index contributed by atoms with van der Waals surface area (Å²) in [4.78, 5) is 31.6. The highest BCUT2D eigenvalue weighted by molar-refractivity contribution is 6.00. The lowest BCUT2D eigenvalue weighted by atomic mass is 10.1. The number of carbonyl (C=O) groups is 2. The van der Waals surface area contributed by atoms with Gasteiger partial charge in [0, 0.05) is 44.8 Å². The van der Waals surface area contributed by atoms with E-state index in [1.165, 1.54) is 0 Å². The summed E-state index contributed by atoms with van der Waals surface area (Å²) >= 11 is 0. The average Bonchev–Trinajstić information content (AvgIpc) is 3.15. The summed E-state index contributed by atoms with van der Waals surface area (Å²) in [6.07, 6.45) is 0.292. The smallest absolute Gasteiger partial charge is 0.228 e. The second-order valence-corrected chi connectivity index (χ2v) is 7.68. The number of aryl methyl sites for hydroxylation is 1. The predicted molar refractivity (Wildman–Crippen MR) is 113 cm³/mol. The van der Waals surface area contributed by atoms with E-state index < -0.39 is 0 Å². The number of rotatable bonds is 4. The van der Waals surface area contributed by atoms with Gasteiger partial charge in [-0.3, -0.25) is 9.59 Å². The molecule has 2 saturated heterocycles. The molecule has 6 heteroatoms. The molecule has 152 valence electrons. The van der Waals surface area contributed by atoms with Gasteiger partial charge in [-0.05, 0) is 30.7 Å². The second kappa shape index (κ2) is 8.15. The van der Waals surface area contributed by atoms with Crippen LogP contribution in [0, 0.1) is 12.8 Å². The molecule has 2 aliphatic rings. The van der Waals surface area contributed by atoms with Crippen LogP contribution in [0.3, 0.4) is 0 Å². The maximum Gasteiger partial charge on any atom is 0.228 e. The molecule has 1 atom stereocenters. The highest BCUT2D eigenvalue weighted by Gasteiger charge is 2.38. The van der Waals surface area contributed by atoms with Gasteiger partial charge < -0.3 is 19.4 Å². The lowest BCUT2D eigenvalue weighted by Crippen LogP contribution is -2.50. The van der Waals surface area contributed by atoms with Gasteiger partial charge >= 0.3 is 0 Å². The third kappa shape index (κ3) is 3.79. The summed E-state index contributed by atoms with van der Waals surface area (Å²) < 4.78 is 5.46. The summed E-state index contributed by atoms with van der Waals surface area (Å²) in [7, 11) is 1.68. The maximum atomic E-state index is 13.1. The van der Waals surface area contributed by atoms with Gasteiger partial charge in [-0.25, -0.2) is 0 Å². The Labute approximate surface area is 171 Å². The third-order valence-electron chi connectivity index (χ3n) is 5.90. The zero-order chi connectivity index (χ0) is 20.4. The SMILES string of the molecule is COc1ccccc1N1CCN(C(=O)C2CC(=O)N(c3ccccc3C)C2)CC1. The Hall–Kier alpha value is -3.02. The minimum atomic E-state index is -0.264. The van der Waals surface area contributed by atoms with Crippen LogP contribution in [-0.4, -0.2) is 56.5 Å². The lowest BCUT2D eigenvalue weighted by molar-refractivity contribution is -0.136. The molecule has 0 aliphatic carbocycles. The standard InChI is InChI=1S/C23H27N3O3/c1-17-7-3-4-8-19(17)26-16-18(15-22(26)27)23(28)25-13-11-24(12-14-25)20-9-5-6-10-21(20)29-2/h3-10,18H,11-16H2,1-2H3. The Balaban J connectivity index is 1.39. The number of benzene rings is 2. The zero-order valence-electron chi connectivity index (χ0n) is 17.0. The van der Waals surface area contributed by atoms with E-state index in [1.807, 2.05) is 60.4 Å². The Kier molecular flexibility index (Phi) is 5.43. The van der Waals surface area contributed by atoms with Crippen molar-refractivity contribution in [2.24, 2.45) is 5.92 Å². The van der Waals surface area contributed by atoms with Crippen molar-refractivity contribution in [2.45, 2.75) is 13.3 Å². The van der Waals surface area contributed by atoms with Crippen LogP contribution in [0.25, 0.3) is 0 Å². The number of hydrogen-bond donors (Lipinski definition) is 0. The Morgan fingerprint density at radius 2 is 1.62 bits per heavy atom. The number of hydrogen-bond acceptors (Lipinski definition) is 4. The van der Waals surface area contributed by atoms with Crippen LogP contribution in [0.1, 0.15) is 12.0 Å². The molecule has 1 unspecified atom stereocenters. The fourth-order valence-corrected chi connectivity index (χ4v) is 4.29. The van der Waals surface area contributed by atoms with E-state index in [9.17, 15) is 9.59 Å². The number of methoxy groups -OCH3 is 1. The van der Waals surface area contributed by atoms with Crippen LogP contribution in [-0.2, 0) is 9.59 Å². The molecule has 0 N–H and O–H groups in total.